The van der Waals surface area contributed by atoms with Crippen LogP contribution in [0.2, 0.25) is 5.02 Å². The monoisotopic (exact) mass is 498 g/mol. The van der Waals surface area contributed by atoms with Gasteiger partial charge in [0.1, 0.15) is 11.5 Å². The minimum absolute atomic E-state index is 0.147. The van der Waals surface area contributed by atoms with Crippen LogP contribution < -0.4 is 4.90 Å². The van der Waals surface area contributed by atoms with Gasteiger partial charge in [-0.1, -0.05) is 29.8 Å². The summed E-state index contributed by atoms with van der Waals surface area (Å²) in [7, 11) is 0. The highest BCUT2D eigenvalue weighted by Gasteiger charge is 2.26. The lowest BCUT2D eigenvalue weighted by atomic mass is 10.1. The number of aromatic amines is 1. The number of carbonyl (C=O) groups excluding carboxylic acids is 2. The molecule has 1 aliphatic heterocycles. The molecule has 4 rings (SSSR count). The van der Waals surface area contributed by atoms with Gasteiger partial charge in [-0.2, -0.15) is 0 Å². The quantitative estimate of drug-likeness (QED) is 0.516. The van der Waals surface area contributed by atoms with E-state index in [2.05, 4.69) is 23.7 Å². The molecule has 3 aromatic rings. The number of carbonyl (C=O) groups is 2. The van der Waals surface area contributed by atoms with Crippen LogP contribution in [-0.2, 0) is 11.3 Å². The second-order valence-electron chi connectivity index (χ2n) is 9.44. The fourth-order valence-corrected chi connectivity index (χ4v) is 5.05. The summed E-state index contributed by atoms with van der Waals surface area (Å²) in [6.07, 6.45) is 0.751. The highest BCUT2D eigenvalue weighted by Crippen LogP contribution is 2.30. The number of hydrogen-bond acceptors (Lipinski definition) is 3. The molecule has 6 nitrogen and oxygen atoms in total. The predicted octanol–water partition coefficient (Wildman–Crippen LogP) is 5.38. The molecule has 1 N–H and O–H groups in total. The Balaban J connectivity index is 1.78. The fourth-order valence-electron chi connectivity index (χ4n) is 4.83. The van der Waals surface area contributed by atoms with Crippen molar-refractivity contribution in [2.75, 3.05) is 31.1 Å². The van der Waals surface area contributed by atoms with Gasteiger partial charge >= 0.3 is 0 Å². The maximum Gasteiger partial charge on any atom is 0.270 e. The van der Waals surface area contributed by atoms with Crippen LogP contribution in [0.1, 0.15) is 48.8 Å². The van der Waals surface area contributed by atoms with Crippen LogP contribution in [0, 0.1) is 12.7 Å². The molecule has 0 spiro atoms. The Bertz CT molecular complexity index is 1260. The van der Waals surface area contributed by atoms with E-state index in [0.29, 0.717) is 36.0 Å². The molecule has 2 heterocycles. The molecular formula is C27H32ClFN4O2. The van der Waals surface area contributed by atoms with Gasteiger partial charge in [-0.05, 0) is 56.5 Å². The first-order chi connectivity index (χ1) is 16.7. The zero-order valence-corrected chi connectivity index (χ0v) is 21.5. The zero-order chi connectivity index (χ0) is 25.3. The number of fused-ring (bicyclic) bond motifs is 2. The Morgan fingerprint density at radius 2 is 1.86 bits per heavy atom. The molecule has 186 valence electrons. The van der Waals surface area contributed by atoms with E-state index in [0.717, 1.165) is 35.0 Å². The molecule has 0 fully saturated rings. The summed E-state index contributed by atoms with van der Waals surface area (Å²) in [5.74, 6) is -0.707. The lowest BCUT2D eigenvalue weighted by Gasteiger charge is -2.30. The largest absolute Gasteiger partial charge is 0.349 e. The third-order valence-electron chi connectivity index (χ3n) is 6.84. The molecule has 2 aromatic carbocycles. The van der Waals surface area contributed by atoms with Crippen molar-refractivity contribution in [3.05, 3.63) is 64.1 Å². The van der Waals surface area contributed by atoms with E-state index in [-0.39, 0.29) is 24.4 Å². The van der Waals surface area contributed by atoms with Gasteiger partial charge in [-0.25, -0.2) is 4.39 Å². The molecule has 0 radical (unpaired) electrons. The van der Waals surface area contributed by atoms with Gasteiger partial charge in [-0.3, -0.25) is 14.5 Å². The Kier molecular flexibility index (Phi) is 7.47. The number of anilines is 1. The van der Waals surface area contributed by atoms with E-state index in [4.69, 9.17) is 11.6 Å². The predicted molar refractivity (Wildman–Crippen MR) is 139 cm³/mol. The maximum absolute atomic E-state index is 14.3. The van der Waals surface area contributed by atoms with Gasteiger partial charge in [-0.15, -0.1) is 0 Å². The second kappa shape index (κ2) is 10.4. The average Bonchev–Trinajstić information content (AvgIpc) is 3.13. The van der Waals surface area contributed by atoms with Crippen LogP contribution in [0.4, 0.5) is 10.1 Å². The minimum Gasteiger partial charge on any atom is -0.349 e. The smallest absolute Gasteiger partial charge is 0.270 e. The van der Waals surface area contributed by atoms with Crippen molar-refractivity contribution < 1.29 is 14.0 Å². The molecular weight excluding hydrogens is 467 g/mol. The second-order valence-corrected chi connectivity index (χ2v) is 9.85. The molecule has 0 unspecified atom stereocenters. The van der Waals surface area contributed by atoms with Crippen LogP contribution in [0.25, 0.3) is 10.9 Å². The summed E-state index contributed by atoms with van der Waals surface area (Å²) >= 11 is 6.38. The van der Waals surface area contributed by atoms with E-state index >= 15 is 0 Å². The number of aromatic nitrogens is 1. The van der Waals surface area contributed by atoms with Crippen molar-refractivity contribution in [3.8, 4) is 0 Å². The third-order valence-corrected chi connectivity index (χ3v) is 7.15. The molecule has 35 heavy (non-hydrogen) atoms. The lowest BCUT2D eigenvalue weighted by molar-refractivity contribution is -0.116. The first kappa shape index (κ1) is 25.2. The normalized spacial score (nSPS) is 15.9. The van der Waals surface area contributed by atoms with Gasteiger partial charge in [0.15, 0.2) is 0 Å². The molecule has 1 aromatic heterocycles. The maximum atomic E-state index is 14.3. The summed E-state index contributed by atoms with van der Waals surface area (Å²) in [5, 5.41) is 1.47. The van der Waals surface area contributed by atoms with Crippen molar-refractivity contribution in [3.63, 3.8) is 0 Å². The Labute approximate surface area is 210 Å². The molecule has 0 saturated heterocycles. The molecule has 2 amide bonds. The minimum atomic E-state index is -0.410. The van der Waals surface area contributed by atoms with Crippen LogP contribution in [0.5, 0.6) is 0 Å². The number of benzene rings is 2. The topological polar surface area (TPSA) is 59.7 Å². The summed E-state index contributed by atoms with van der Waals surface area (Å²) in [4.78, 5) is 35.4. The molecule has 0 aliphatic carbocycles. The van der Waals surface area contributed by atoms with Crippen molar-refractivity contribution in [1.29, 1.82) is 0 Å². The number of H-pyrrole nitrogens is 1. The van der Waals surface area contributed by atoms with Crippen molar-refractivity contribution >= 4 is 40.0 Å². The van der Waals surface area contributed by atoms with Crippen molar-refractivity contribution in [1.82, 2.24) is 14.8 Å². The van der Waals surface area contributed by atoms with Crippen molar-refractivity contribution in [2.24, 2.45) is 0 Å². The Morgan fingerprint density at radius 3 is 2.54 bits per heavy atom. The van der Waals surface area contributed by atoms with E-state index in [1.165, 1.54) is 19.1 Å². The van der Waals surface area contributed by atoms with Crippen LogP contribution in [-0.4, -0.2) is 58.8 Å². The molecule has 0 bridgehead atoms. The van der Waals surface area contributed by atoms with E-state index < -0.39 is 5.82 Å². The highest BCUT2D eigenvalue weighted by atomic mass is 35.5. The number of amides is 2. The number of hydrogen-bond donors (Lipinski definition) is 1. The van der Waals surface area contributed by atoms with Gasteiger partial charge in [0.2, 0.25) is 5.91 Å². The summed E-state index contributed by atoms with van der Waals surface area (Å²) in [6, 6.07) is 10.3. The number of nitrogens with zero attached hydrogens (tertiary/aromatic N) is 3. The Morgan fingerprint density at radius 1 is 1.09 bits per heavy atom. The molecule has 1 aliphatic rings. The van der Waals surface area contributed by atoms with Gasteiger partial charge < -0.3 is 14.8 Å². The van der Waals surface area contributed by atoms with E-state index in [1.54, 1.807) is 21.9 Å². The van der Waals surface area contributed by atoms with Gasteiger partial charge in [0, 0.05) is 51.1 Å². The number of nitrogens with one attached hydrogen (secondary N) is 1. The van der Waals surface area contributed by atoms with Crippen molar-refractivity contribution in [2.45, 2.75) is 46.7 Å². The first-order valence-corrected chi connectivity index (χ1v) is 12.4. The first-order valence-electron chi connectivity index (χ1n) is 12.0. The van der Waals surface area contributed by atoms with Gasteiger partial charge in [0.05, 0.1) is 16.2 Å². The van der Waals surface area contributed by atoms with Crippen LogP contribution in [0.3, 0.4) is 0 Å². The molecule has 0 atom stereocenters. The number of para-hydroxylation sites is 1. The number of rotatable bonds is 2. The fraction of sp³-hybridized carbons (Fsp3) is 0.407. The average molecular weight is 499 g/mol. The molecule has 0 saturated carbocycles. The number of halogens is 2. The summed E-state index contributed by atoms with van der Waals surface area (Å²) in [5.41, 5.74) is 3.32. The third kappa shape index (κ3) is 5.21. The van der Waals surface area contributed by atoms with E-state index in [1.807, 2.05) is 19.1 Å². The summed E-state index contributed by atoms with van der Waals surface area (Å²) in [6.45, 7) is 10.4. The lowest BCUT2D eigenvalue weighted by Crippen LogP contribution is -2.41. The SMILES string of the molecule is CC(=O)N1CCCN(C(C)C)CCN(C(=O)c2[nH]c3c(Cl)cccc3c2C)Cc2ccc(F)cc21. The zero-order valence-electron chi connectivity index (χ0n) is 20.7. The standard InChI is InChI=1S/C27H32ClFN4O2/c1-17(2)31-11-6-12-33(19(4)34)24-15-21(29)10-9-20(24)16-32(14-13-31)27(35)25-18(3)22-7-5-8-23(28)26(22)30-25/h5,7-10,15,17,30H,6,11-14,16H2,1-4H3. The summed E-state index contributed by atoms with van der Waals surface area (Å²) < 4.78 is 14.3. The molecule has 8 heteroatoms. The van der Waals surface area contributed by atoms with E-state index in [9.17, 15) is 14.0 Å². The Hall–Kier alpha value is -2.90. The van der Waals surface area contributed by atoms with Crippen LogP contribution in [0.15, 0.2) is 36.4 Å². The number of aryl methyl sites for hydroxylation is 1. The van der Waals surface area contributed by atoms with Gasteiger partial charge in [0.25, 0.3) is 5.91 Å². The van der Waals surface area contributed by atoms with Crippen LogP contribution >= 0.6 is 11.6 Å². The highest BCUT2D eigenvalue weighted by molar-refractivity contribution is 6.35.